The predicted octanol–water partition coefficient (Wildman–Crippen LogP) is 7.49. The molecule has 0 amide bonds. The summed E-state index contributed by atoms with van der Waals surface area (Å²) in [5, 5.41) is 0. The Morgan fingerprint density at radius 2 is 0.889 bits per heavy atom. The van der Waals surface area contributed by atoms with Crippen molar-refractivity contribution in [2.75, 3.05) is 0 Å². The van der Waals surface area contributed by atoms with Gasteiger partial charge in [-0.3, -0.25) is 0 Å². The number of carbonyl (C=O) groups excluding carboxylic acids is 1. The van der Waals surface area contributed by atoms with E-state index in [0.717, 1.165) is 0 Å². The van der Waals surface area contributed by atoms with Gasteiger partial charge in [-0.25, -0.2) is 4.79 Å². The number of carbonyl (C=O) groups is 1. The summed E-state index contributed by atoms with van der Waals surface area (Å²) in [6, 6.07) is 0. The second-order valence-electron chi connectivity index (χ2n) is 6.76. The number of rotatable bonds is 12. The van der Waals surface area contributed by atoms with Gasteiger partial charge in [0.25, 0.3) is 0 Å². The SMILES string of the molecule is C=CC(=O)OC(F)(F)C(F)(F)C(F)(F)C(F)(F)C(F)(F)C(F)(F)C(F)(F)C(F)(F)CCCC(F)(F)F. The maximum Gasteiger partial charge on any atom is 0.473 e. The van der Waals surface area contributed by atoms with Crippen LogP contribution in [0.4, 0.5) is 83.4 Å². The van der Waals surface area contributed by atoms with Crippen LogP contribution in [0.1, 0.15) is 19.3 Å². The Kier molecular flexibility index (Phi) is 8.77. The summed E-state index contributed by atoms with van der Waals surface area (Å²) in [7, 11) is 0. The largest absolute Gasteiger partial charge is 0.473 e. The molecule has 0 saturated heterocycles. The molecule has 0 heterocycles. The van der Waals surface area contributed by atoms with Crippen molar-refractivity contribution in [2.45, 2.75) is 73.0 Å². The van der Waals surface area contributed by atoms with E-state index in [-0.39, 0.29) is 0 Å². The molecule has 0 unspecified atom stereocenters. The van der Waals surface area contributed by atoms with E-state index < -0.39 is 85.1 Å². The molecule has 0 radical (unpaired) electrons. The fraction of sp³-hybridized carbons (Fsp3) is 0.800. The lowest BCUT2D eigenvalue weighted by Crippen LogP contribution is -2.75. The molecule has 0 atom stereocenters. The first-order chi connectivity index (χ1) is 15.4. The van der Waals surface area contributed by atoms with E-state index in [1.165, 1.54) is 0 Å². The highest BCUT2D eigenvalue weighted by Crippen LogP contribution is 2.64. The zero-order valence-electron chi connectivity index (χ0n) is 16.4. The third kappa shape index (κ3) is 5.28. The molecule has 2 nitrogen and oxygen atoms in total. The van der Waals surface area contributed by atoms with E-state index in [1.54, 1.807) is 0 Å². The second kappa shape index (κ2) is 9.32. The van der Waals surface area contributed by atoms with E-state index in [4.69, 9.17) is 0 Å². The second-order valence-corrected chi connectivity index (χ2v) is 6.76. The van der Waals surface area contributed by atoms with Gasteiger partial charge < -0.3 is 4.74 Å². The fourth-order valence-electron chi connectivity index (χ4n) is 2.10. The molecule has 21 heteroatoms. The minimum atomic E-state index is -8.75. The first-order valence-electron chi connectivity index (χ1n) is 8.36. The summed E-state index contributed by atoms with van der Waals surface area (Å²) in [6.45, 7) is 2.27. The molecule has 0 aliphatic carbocycles. The number of hydrogen-bond donors (Lipinski definition) is 0. The van der Waals surface area contributed by atoms with Crippen LogP contribution in [0.5, 0.6) is 0 Å². The first kappa shape index (κ1) is 33.9. The van der Waals surface area contributed by atoms with Crippen LogP contribution in [0.3, 0.4) is 0 Å². The third-order valence-corrected chi connectivity index (χ3v) is 4.14. The van der Waals surface area contributed by atoms with Crippen LogP contribution in [-0.4, -0.2) is 59.7 Å². The van der Waals surface area contributed by atoms with Crippen molar-refractivity contribution >= 4 is 5.97 Å². The molecular weight excluding hydrogens is 573 g/mol. The molecule has 0 bridgehead atoms. The molecule has 0 aromatic rings. The van der Waals surface area contributed by atoms with Crippen LogP contribution in [0.25, 0.3) is 0 Å². The van der Waals surface area contributed by atoms with Crippen molar-refractivity contribution in [2.24, 2.45) is 0 Å². The molecule has 0 rings (SSSR count). The maximum absolute atomic E-state index is 13.6. The lowest BCUT2D eigenvalue weighted by atomic mass is 9.87. The van der Waals surface area contributed by atoms with Crippen LogP contribution >= 0.6 is 0 Å². The van der Waals surface area contributed by atoms with Crippen molar-refractivity contribution in [1.29, 1.82) is 0 Å². The smallest absolute Gasteiger partial charge is 0.393 e. The Labute approximate surface area is 186 Å². The highest BCUT2D eigenvalue weighted by Gasteiger charge is 2.95. The van der Waals surface area contributed by atoms with Crippen LogP contribution in [-0.2, 0) is 9.53 Å². The Balaban J connectivity index is 6.57. The standard InChI is InChI=1S/C15H9F19O2/c1-2-6(35)36-15(33,34)14(31,32)13(29,30)12(27,28)11(25,26)10(23,24)9(21,22)7(16,17)4-3-5-8(18,19)20/h2H,1,3-5H2. The van der Waals surface area contributed by atoms with Gasteiger partial charge in [-0.05, 0) is 6.42 Å². The highest BCUT2D eigenvalue weighted by atomic mass is 19.4. The minimum Gasteiger partial charge on any atom is -0.393 e. The Morgan fingerprint density at radius 3 is 1.22 bits per heavy atom. The van der Waals surface area contributed by atoms with Gasteiger partial charge >= 0.3 is 59.7 Å². The van der Waals surface area contributed by atoms with Gasteiger partial charge in [-0.1, -0.05) is 6.58 Å². The Hall–Kier alpha value is -2.12. The number of ether oxygens (including phenoxy) is 1. The molecule has 0 aliphatic heterocycles. The molecule has 0 aliphatic rings. The third-order valence-electron chi connectivity index (χ3n) is 4.14. The van der Waals surface area contributed by atoms with Crippen molar-refractivity contribution in [3.63, 3.8) is 0 Å². The normalized spacial score (nSPS) is 15.6. The van der Waals surface area contributed by atoms with Gasteiger partial charge in [0, 0.05) is 18.9 Å². The molecular formula is C15H9F19O2. The molecule has 0 aromatic carbocycles. The summed E-state index contributed by atoms with van der Waals surface area (Å²) in [4.78, 5) is 10.5. The van der Waals surface area contributed by atoms with Gasteiger partial charge in [-0.15, -0.1) is 0 Å². The van der Waals surface area contributed by atoms with Crippen LogP contribution < -0.4 is 0 Å². The van der Waals surface area contributed by atoms with Gasteiger partial charge in [0.1, 0.15) is 0 Å². The zero-order chi connectivity index (χ0) is 29.6. The van der Waals surface area contributed by atoms with E-state index in [0.29, 0.717) is 0 Å². The number of hydrogen-bond acceptors (Lipinski definition) is 2. The summed E-state index contributed by atoms with van der Waals surface area (Å²) in [6.07, 6.45) is -20.9. The highest BCUT2D eigenvalue weighted by molar-refractivity contribution is 5.81. The average Bonchev–Trinajstić information content (AvgIpc) is 2.65. The summed E-state index contributed by atoms with van der Waals surface area (Å²) in [5.41, 5.74) is 0. The topological polar surface area (TPSA) is 26.3 Å². The quantitative estimate of drug-likeness (QED) is 0.136. The lowest BCUT2D eigenvalue weighted by molar-refractivity contribution is -0.468. The summed E-state index contributed by atoms with van der Waals surface area (Å²) in [5.74, 6) is -60.2. The molecule has 0 saturated carbocycles. The predicted molar refractivity (Wildman–Crippen MR) is 75.8 cm³/mol. The zero-order valence-corrected chi connectivity index (χ0v) is 16.4. The van der Waals surface area contributed by atoms with E-state index in [9.17, 15) is 88.2 Å². The first-order valence-corrected chi connectivity index (χ1v) is 8.36. The monoisotopic (exact) mass is 582 g/mol. The molecule has 214 valence electrons. The number of alkyl halides is 19. The number of esters is 1. The lowest BCUT2D eigenvalue weighted by Gasteiger charge is -2.43. The van der Waals surface area contributed by atoms with Crippen LogP contribution in [0.15, 0.2) is 12.7 Å². The molecule has 0 N–H and O–H groups in total. The number of halogens is 19. The molecule has 0 fully saturated rings. The Morgan fingerprint density at radius 1 is 0.556 bits per heavy atom. The van der Waals surface area contributed by atoms with Gasteiger partial charge in [-0.2, -0.15) is 83.4 Å². The Bertz CT molecular complexity index is 810. The van der Waals surface area contributed by atoms with Crippen LogP contribution in [0, 0.1) is 0 Å². The molecule has 0 aromatic heterocycles. The van der Waals surface area contributed by atoms with Crippen molar-refractivity contribution in [1.82, 2.24) is 0 Å². The van der Waals surface area contributed by atoms with Crippen molar-refractivity contribution in [3.8, 4) is 0 Å². The molecule has 36 heavy (non-hydrogen) atoms. The average molecular weight is 582 g/mol. The van der Waals surface area contributed by atoms with Crippen LogP contribution in [0.2, 0.25) is 0 Å². The molecule has 0 spiro atoms. The van der Waals surface area contributed by atoms with Gasteiger partial charge in [0.2, 0.25) is 0 Å². The van der Waals surface area contributed by atoms with E-state index in [2.05, 4.69) is 11.3 Å². The van der Waals surface area contributed by atoms with Gasteiger partial charge in [0.15, 0.2) is 0 Å². The fourth-order valence-corrected chi connectivity index (χ4v) is 2.10. The van der Waals surface area contributed by atoms with Crippen molar-refractivity contribution < 1.29 is 92.9 Å². The van der Waals surface area contributed by atoms with E-state index in [1.807, 2.05) is 0 Å². The van der Waals surface area contributed by atoms with E-state index >= 15 is 0 Å². The van der Waals surface area contributed by atoms with Gasteiger partial charge in [0.05, 0.1) is 0 Å². The minimum absolute atomic E-state index is 0.496. The summed E-state index contributed by atoms with van der Waals surface area (Å²) >= 11 is 0. The van der Waals surface area contributed by atoms with Crippen molar-refractivity contribution in [3.05, 3.63) is 12.7 Å². The maximum atomic E-state index is 13.6. The summed E-state index contributed by atoms with van der Waals surface area (Å²) < 4.78 is 253.